The minimum Gasteiger partial charge on any atom is -0.455 e. The van der Waals surface area contributed by atoms with Gasteiger partial charge in [-0.1, -0.05) is 35.4 Å². The number of amides is 2. The topological polar surface area (TPSA) is 62.9 Å². The summed E-state index contributed by atoms with van der Waals surface area (Å²) in [7, 11) is 0. The molecule has 3 fully saturated rings. The molecule has 1 saturated heterocycles. The number of hydrazone groups is 1. The summed E-state index contributed by atoms with van der Waals surface area (Å²) in [5.74, 6) is 1.72. The van der Waals surface area contributed by atoms with Crippen LogP contribution in [0.25, 0.3) is 11.3 Å². The van der Waals surface area contributed by atoms with Gasteiger partial charge in [-0.2, -0.15) is 10.1 Å². The predicted molar refractivity (Wildman–Crippen MR) is 108 cm³/mol. The van der Waals surface area contributed by atoms with E-state index in [2.05, 4.69) is 17.3 Å². The van der Waals surface area contributed by atoms with E-state index in [0.29, 0.717) is 33.4 Å². The molecular formula is C22H16Cl2N2O3. The number of rotatable bonds is 3. The molecule has 1 aliphatic heterocycles. The van der Waals surface area contributed by atoms with Crippen molar-refractivity contribution in [2.24, 2.45) is 40.6 Å². The third-order valence-electron chi connectivity index (χ3n) is 6.77. The van der Waals surface area contributed by atoms with Gasteiger partial charge >= 0.3 is 0 Å². The van der Waals surface area contributed by atoms with Crippen LogP contribution in [-0.2, 0) is 9.59 Å². The molecule has 0 radical (unpaired) electrons. The minimum atomic E-state index is -0.248. The Morgan fingerprint density at radius 3 is 2.31 bits per heavy atom. The quantitative estimate of drug-likeness (QED) is 0.407. The standard InChI is InChI=1S/C22H16Cl2N2O3/c23-16-5-1-10(7-17(16)24)18-6-2-11(29-18)9-25-26-21(27)19-12-3-4-13(15-8-14(12)15)20(19)22(26)28/h1-7,9,12-15,19-20H,8H2. The fourth-order valence-electron chi connectivity index (χ4n) is 5.40. The molecule has 1 aromatic heterocycles. The zero-order valence-corrected chi connectivity index (χ0v) is 16.7. The average Bonchev–Trinajstić information content (AvgIpc) is 3.36. The number of nitrogens with zero attached hydrogens (tertiary/aromatic N) is 2. The van der Waals surface area contributed by atoms with Gasteiger partial charge in [0.2, 0.25) is 0 Å². The van der Waals surface area contributed by atoms with Crippen LogP contribution in [0.5, 0.6) is 0 Å². The van der Waals surface area contributed by atoms with Crippen LogP contribution >= 0.6 is 23.2 Å². The molecule has 4 aliphatic carbocycles. The first-order chi connectivity index (χ1) is 14.0. The van der Waals surface area contributed by atoms with E-state index in [4.69, 9.17) is 27.6 Å². The molecule has 0 N–H and O–H groups in total. The lowest BCUT2D eigenvalue weighted by atomic mass is 9.63. The molecule has 5 aliphatic rings. The Morgan fingerprint density at radius 1 is 0.966 bits per heavy atom. The van der Waals surface area contributed by atoms with Crippen LogP contribution in [0.15, 0.2) is 52.0 Å². The van der Waals surface area contributed by atoms with E-state index < -0.39 is 0 Å². The molecule has 6 atom stereocenters. The third-order valence-corrected chi connectivity index (χ3v) is 7.51. The second-order valence-electron chi connectivity index (χ2n) is 8.22. The highest BCUT2D eigenvalue weighted by atomic mass is 35.5. The van der Waals surface area contributed by atoms with Gasteiger partial charge in [0.25, 0.3) is 11.8 Å². The molecule has 0 spiro atoms. The van der Waals surface area contributed by atoms with E-state index in [1.54, 1.807) is 30.3 Å². The first-order valence-electron chi connectivity index (χ1n) is 9.68. The maximum Gasteiger partial charge on any atom is 0.254 e. The lowest BCUT2D eigenvalue weighted by molar-refractivity contribution is -0.140. The van der Waals surface area contributed by atoms with Crippen molar-refractivity contribution in [3.8, 4) is 11.3 Å². The Morgan fingerprint density at radius 2 is 1.66 bits per heavy atom. The molecular weight excluding hydrogens is 411 g/mol. The largest absolute Gasteiger partial charge is 0.455 e. The number of benzene rings is 1. The zero-order valence-electron chi connectivity index (χ0n) is 15.2. The van der Waals surface area contributed by atoms with E-state index in [1.165, 1.54) is 6.21 Å². The maximum atomic E-state index is 12.9. The summed E-state index contributed by atoms with van der Waals surface area (Å²) in [4.78, 5) is 25.8. The Hall–Kier alpha value is -2.37. The average molecular weight is 427 g/mol. The third kappa shape index (κ3) is 2.50. The number of hydrogen-bond donors (Lipinski definition) is 0. The number of allylic oxidation sites excluding steroid dienone is 2. The fraction of sp³-hybridized carbons (Fsp3) is 0.318. The Balaban J connectivity index is 1.24. The second kappa shape index (κ2) is 6.07. The summed E-state index contributed by atoms with van der Waals surface area (Å²) in [5.41, 5.74) is 0.778. The zero-order chi connectivity index (χ0) is 19.9. The van der Waals surface area contributed by atoms with Crippen molar-refractivity contribution in [2.75, 3.05) is 0 Å². The summed E-state index contributed by atoms with van der Waals surface area (Å²) >= 11 is 12.0. The Bertz CT molecular complexity index is 1090. The van der Waals surface area contributed by atoms with Gasteiger partial charge in [-0.15, -0.1) is 0 Å². The molecule has 7 heteroatoms. The Kier molecular flexibility index (Phi) is 3.66. The molecule has 2 heterocycles. The first-order valence-corrected chi connectivity index (χ1v) is 10.4. The molecule has 6 unspecified atom stereocenters. The van der Waals surface area contributed by atoms with Gasteiger partial charge in [-0.25, -0.2) is 0 Å². The van der Waals surface area contributed by atoms with Crippen LogP contribution in [0.4, 0.5) is 0 Å². The number of furan rings is 1. The summed E-state index contributed by atoms with van der Waals surface area (Å²) in [6, 6.07) is 8.74. The van der Waals surface area contributed by atoms with Crippen molar-refractivity contribution < 1.29 is 14.0 Å². The molecule has 2 aromatic rings. The van der Waals surface area contributed by atoms with Crippen LogP contribution < -0.4 is 0 Å². The van der Waals surface area contributed by atoms with Crippen molar-refractivity contribution in [1.82, 2.24) is 5.01 Å². The van der Waals surface area contributed by atoms with Gasteiger partial charge < -0.3 is 4.42 Å². The van der Waals surface area contributed by atoms with Crippen molar-refractivity contribution in [3.63, 3.8) is 0 Å². The highest BCUT2D eigenvalue weighted by Gasteiger charge is 2.67. The van der Waals surface area contributed by atoms with Crippen LogP contribution in [-0.4, -0.2) is 23.0 Å². The molecule has 2 amide bonds. The number of carbonyl (C=O) groups is 2. The number of hydrogen-bond acceptors (Lipinski definition) is 4. The van der Waals surface area contributed by atoms with Crippen molar-refractivity contribution in [1.29, 1.82) is 0 Å². The lowest BCUT2D eigenvalue weighted by Crippen LogP contribution is -2.40. The van der Waals surface area contributed by atoms with E-state index in [-0.39, 0.29) is 35.5 Å². The normalized spacial score (nSPS) is 34.2. The molecule has 29 heavy (non-hydrogen) atoms. The van der Waals surface area contributed by atoms with Crippen molar-refractivity contribution in [3.05, 3.63) is 58.3 Å². The summed E-state index contributed by atoms with van der Waals surface area (Å²) < 4.78 is 5.78. The molecule has 2 saturated carbocycles. The van der Waals surface area contributed by atoms with Gasteiger partial charge in [-0.3, -0.25) is 9.59 Å². The van der Waals surface area contributed by atoms with Gasteiger partial charge in [0.1, 0.15) is 11.5 Å². The van der Waals surface area contributed by atoms with Crippen LogP contribution in [0, 0.1) is 35.5 Å². The van der Waals surface area contributed by atoms with Crippen LogP contribution in [0.1, 0.15) is 12.2 Å². The second-order valence-corrected chi connectivity index (χ2v) is 9.03. The summed E-state index contributed by atoms with van der Waals surface area (Å²) in [6.07, 6.45) is 6.86. The number of halogens is 2. The molecule has 146 valence electrons. The highest BCUT2D eigenvalue weighted by Crippen LogP contribution is 2.65. The van der Waals surface area contributed by atoms with Crippen molar-refractivity contribution in [2.45, 2.75) is 6.42 Å². The molecule has 7 rings (SSSR count). The van der Waals surface area contributed by atoms with Gasteiger partial charge in [0.15, 0.2) is 0 Å². The fourth-order valence-corrected chi connectivity index (χ4v) is 5.69. The Labute approximate surface area is 177 Å². The molecule has 1 aromatic carbocycles. The molecule has 2 bridgehead atoms. The van der Waals surface area contributed by atoms with Gasteiger partial charge in [0.05, 0.1) is 28.1 Å². The maximum absolute atomic E-state index is 12.9. The predicted octanol–water partition coefficient (Wildman–Crippen LogP) is 4.64. The van der Waals surface area contributed by atoms with Crippen molar-refractivity contribution >= 4 is 41.2 Å². The summed E-state index contributed by atoms with van der Waals surface area (Å²) in [6.45, 7) is 0. The van der Waals surface area contributed by atoms with E-state index in [0.717, 1.165) is 17.0 Å². The summed E-state index contributed by atoms with van der Waals surface area (Å²) in [5, 5.41) is 6.15. The van der Waals surface area contributed by atoms with E-state index in [9.17, 15) is 9.59 Å². The van der Waals surface area contributed by atoms with Crippen LogP contribution in [0.3, 0.4) is 0 Å². The van der Waals surface area contributed by atoms with Gasteiger partial charge in [0, 0.05) is 5.56 Å². The smallest absolute Gasteiger partial charge is 0.254 e. The molecule has 5 nitrogen and oxygen atoms in total. The first kappa shape index (κ1) is 17.5. The number of carbonyl (C=O) groups excluding carboxylic acids is 2. The van der Waals surface area contributed by atoms with E-state index >= 15 is 0 Å². The minimum absolute atomic E-state index is 0.183. The van der Waals surface area contributed by atoms with Crippen LogP contribution in [0.2, 0.25) is 10.0 Å². The SMILES string of the molecule is O=C1C2C3C=CC(C4CC34)C2C(=O)N1N=Cc1ccc(-c2ccc(Cl)c(Cl)c2)o1. The number of imide groups is 1. The monoisotopic (exact) mass is 426 g/mol. The lowest BCUT2D eigenvalue weighted by Gasteiger charge is -2.37. The highest BCUT2D eigenvalue weighted by molar-refractivity contribution is 6.42. The van der Waals surface area contributed by atoms with E-state index in [1.807, 2.05) is 0 Å². The van der Waals surface area contributed by atoms with Gasteiger partial charge in [-0.05, 0) is 60.4 Å².